The third kappa shape index (κ3) is 1.75. The van der Waals surface area contributed by atoms with E-state index >= 15 is 0 Å². The zero-order valence-electron chi connectivity index (χ0n) is 9.71. The Morgan fingerprint density at radius 2 is 2.17 bits per heavy atom. The van der Waals surface area contributed by atoms with E-state index in [4.69, 9.17) is 4.52 Å². The van der Waals surface area contributed by atoms with Gasteiger partial charge >= 0.3 is 0 Å². The molecule has 0 aliphatic carbocycles. The molecule has 5 heteroatoms. The van der Waals surface area contributed by atoms with Gasteiger partial charge in [0.25, 0.3) is 5.89 Å². The molecule has 3 rings (SSSR count). The fraction of sp³-hybridized carbons (Fsp3) is 0.0769. The largest absolute Gasteiger partial charge is 0.507 e. The lowest BCUT2D eigenvalue weighted by atomic mass is 10.1. The number of benzene rings is 1. The van der Waals surface area contributed by atoms with E-state index < -0.39 is 0 Å². The van der Waals surface area contributed by atoms with Gasteiger partial charge in [0.15, 0.2) is 0 Å². The average molecular weight is 241 g/mol. The van der Waals surface area contributed by atoms with Crippen molar-refractivity contribution in [3.63, 3.8) is 0 Å². The van der Waals surface area contributed by atoms with Crippen LogP contribution < -0.4 is 0 Å². The quantitative estimate of drug-likeness (QED) is 0.723. The molecular weight excluding hydrogens is 230 g/mol. The number of H-pyrrole nitrogens is 1. The van der Waals surface area contributed by atoms with Gasteiger partial charge in [0.05, 0.1) is 11.3 Å². The average Bonchev–Trinajstić information content (AvgIpc) is 3.00. The van der Waals surface area contributed by atoms with Crippen LogP contribution in [0.25, 0.3) is 23.0 Å². The summed E-state index contributed by atoms with van der Waals surface area (Å²) < 4.78 is 5.17. The second-order valence-electron chi connectivity index (χ2n) is 4.03. The Morgan fingerprint density at radius 1 is 1.28 bits per heavy atom. The van der Waals surface area contributed by atoms with Crippen molar-refractivity contribution in [2.45, 2.75) is 6.92 Å². The molecule has 0 saturated heterocycles. The first kappa shape index (κ1) is 10.6. The lowest BCUT2D eigenvalue weighted by Gasteiger charge is -1.99. The molecule has 2 aromatic heterocycles. The molecule has 0 saturated carbocycles. The Bertz CT molecular complexity index is 671. The summed E-state index contributed by atoms with van der Waals surface area (Å²) in [4.78, 5) is 7.25. The smallest absolute Gasteiger partial charge is 0.262 e. The molecule has 0 unspecified atom stereocenters. The predicted molar refractivity (Wildman–Crippen MR) is 65.9 cm³/mol. The molecule has 0 spiro atoms. The minimum atomic E-state index is 0.127. The fourth-order valence-electron chi connectivity index (χ4n) is 1.73. The highest BCUT2D eigenvalue weighted by atomic mass is 16.5. The monoisotopic (exact) mass is 241 g/mol. The molecule has 0 bridgehead atoms. The number of aromatic nitrogens is 3. The van der Waals surface area contributed by atoms with Gasteiger partial charge in [-0.3, -0.25) is 0 Å². The van der Waals surface area contributed by atoms with Gasteiger partial charge in [0.1, 0.15) is 5.75 Å². The van der Waals surface area contributed by atoms with Crippen LogP contribution in [0.4, 0.5) is 0 Å². The van der Waals surface area contributed by atoms with Crippen molar-refractivity contribution >= 4 is 0 Å². The molecule has 0 atom stereocenters. The summed E-state index contributed by atoms with van der Waals surface area (Å²) in [7, 11) is 0. The van der Waals surface area contributed by atoms with Gasteiger partial charge in [0, 0.05) is 6.20 Å². The Kier molecular flexibility index (Phi) is 2.37. The molecule has 0 aliphatic rings. The minimum absolute atomic E-state index is 0.127. The highest BCUT2D eigenvalue weighted by Crippen LogP contribution is 2.29. The fourth-order valence-corrected chi connectivity index (χ4v) is 1.73. The predicted octanol–water partition coefficient (Wildman–Crippen LogP) is 2.75. The summed E-state index contributed by atoms with van der Waals surface area (Å²) in [5, 5.41) is 13.7. The van der Waals surface area contributed by atoms with E-state index in [1.165, 1.54) is 0 Å². The van der Waals surface area contributed by atoms with Crippen LogP contribution in [0.3, 0.4) is 0 Å². The number of aromatic hydroxyl groups is 1. The molecule has 0 fully saturated rings. The zero-order valence-corrected chi connectivity index (χ0v) is 9.71. The van der Waals surface area contributed by atoms with Crippen molar-refractivity contribution in [1.29, 1.82) is 0 Å². The molecular formula is C13H11N3O2. The maximum Gasteiger partial charge on any atom is 0.262 e. The van der Waals surface area contributed by atoms with E-state index in [0.717, 1.165) is 11.3 Å². The highest BCUT2D eigenvalue weighted by Gasteiger charge is 2.14. The van der Waals surface area contributed by atoms with Crippen LogP contribution in [0.15, 0.2) is 41.1 Å². The summed E-state index contributed by atoms with van der Waals surface area (Å²) in [5.74, 6) is 0.902. The molecule has 2 N–H and O–H groups in total. The van der Waals surface area contributed by atoms with Crippen LogP contribution in [0.1, 0.15) is 5.56 Å². The second-order valence-corrected chi connectivity index (χ2v) is 4.03. The number of nitrogens with one attached hydrogen (secondary N) is 1. The van der Waals surface area contributed by atoms with E-state index in [1.54, 1.807) is 18.3 Å². The number of hydrogen-bond donors (Lipinski definition) is 2. The summed E-state index contributed by atoms with van der Waals surface area (Å²) >= 11 is 0. The van der Waals surface area contributed by atoms with Crippen LogP contribution >= 0.6 is 0 Å². The standard InChI is InChI=1S/C13H11N3O2/c1-8-4-5-11(17)9(7-8)13-15-12(16-18-13)10-3-2-6-14-10/h2-7,14,17H,1H3. The maximum atomic E-state index is 9.79. The van der Waals surface area contributed by atoms with Gasteiger partial charge in [-0.05, 0) is 31.2 Å². The molecule has 1 aromatic carbocycles. The molecule has 5 nitrogen and oxygen atoms in total. The Labute approximate surface area is 103 Å². The second kappa shape index (κ2) is 4.03. The van der Waals surface area contributed by atoms with Gasteiger partial charge in [-0.1, -0.05) is 16.8 Å². The summed E-state index contributed by atoms with van der Waals surface area (Å²) in [6, 6.07) is 8.95. The molecule has 2 heterocycles. The number of nitrogens with zero attached hydrogens (tertiary/aromatic N) is 2. The van der Waals surface area contributed by atoms with Crippen molar-refractivity contribution in [2.24, 2.45) is 0 Å². The van der Waals surface area contributed by atoms with Crippen molar-refractivity contribution in [2.75, 3.05) is 0 Å². The van der Waals surface area contributed by atoms with Gasteiger partial charge in [-0.25, -0.2) is 0 Å². The highest BCUT2D eigenvalue weighted by molar-refractivity contribution is 5.64. The lowest BCUT2D eigenvalue weighted by Crippen LogP contribution is -1.82. The number of rotatable bonds is 2. The van der Waals surface area contributed by atoms with E-state index in [9.17, 15) is 5.11 Å². The van der Waals surface area contributed by atoms with Crippen LogP contribution in [0.2, 0.25) is 0 Å². The Hall–Kier alpha value is -2.56. The van der Waals surface area contributed by atoms with E-state index in [-0.39, 0.29) is 5.75 Å². The first-order valence-electron chi connectivity index (χ1n) is 5.51. The molecule has 0 amide bonds. The van der Waals surface area contributed by atoms with Crippen LogP contribution in [-0.4, -0.2) is 20.2 Å². The van der Waals surface area contributed by atoms with Gasteiger partial charge < -0.3 is 14.6 Å². The van der Waals surface area contributed by atoms with Crippen LogP contribution in [0.5, 0.6) is 5.75 Å². The molecule has 0 radical (unpaired) electrons. The van der Waals surface area contributed by atoms with Crippen LogP contribution in [0, 0.1) is 6.92 Å². The number of phenols is 1. The number of hydrogen-bond acceptors (Lipinski definition) is 4. The van der Waals surface area contributed by atoms with Gasteiger partial charge in [0.2, 0.25) is 5.82 Å². The van der Waals surface area contributed by atoms with Crippen molar-refractivity contribution in [1.82, 2.24) is 15.1 Å². The SMILES string of the molecule is Cc1ccc(O)c(-c2nc(-c3ccc[nH]3)no2)c1. The summed E-state index contributed by atoms with van der Waals surface area (Å²) in [6.07, 6.45) is 1.79. The first-order valence-corrected chi connectivity index (χ1v) is 5.51. The van der Waals surface area contributed by atoms with Crippen LogP contribution in [-0.2, 0) is 0 Å². The van der Waals surface area contributed by atoms with Gasteiger partial charge in [-0.15, -0.1) is 0 Å². The number of aromatic amines is 1. The third-order valence-electron chi connectivity index (χ3n) is 2.65. The summed E-state index contributed by atoms with van der Waals surface area (Å²) in [5.41, 5.74) is 2.33. The molecule has 0 aliphatic heterocycles. The van der Waals surface area contributed by atoms with E-state index in [1.807, 2.05) is 25.1 Å². The number of aryl methyl sites for hydroxylation is 1. The Morgan fingerprint density at radius 3 is 2.94 bits per heavy atom. The van der Waals surface area contributed by atoms with Gasteiger partial charge in [-0.2, -0.15) is 4.98 Å². The van der Waals surface area contributed by atoms with Crippen molar-refractivity contribution in [3.05, 3.63) is 42.1 Å². The molecule has 90 valence electrons. The van der Waals surface area contributed by atoms with Crippen molar-refractivity contribution < 1.29 is 9.63 Å². The Balaban J connectivity index is 2.05. The lowest BCUT2D eigenvalue weighted by molar-refractivity contribution is 0.425. The number of phenolic OH excluding ortho intramolecular Hbond substituents is 1. The zero-order chi connectivity index (χ0) is 12.5. The first-order chi connectivity index (χ1) is 8.74. The topological polar surface area (TPSA) is 74.9 Å². The molecule has 3 aromatic rings. The normalized spacial score (nSPS) is 10.7. The summed E-state index contributed by atoms with van der Waals surface area (Å²) in [6.45, 7) is 1.94. The van der Waals surface area contributed by atoms with E-state index in [0.29, 0.717) is 17.3 Å². The third-order valence-corrected chi connectivity index (χ3v) is 2.65. The van der Waals surface area contributed by atoms with Crippen molar-refractivity contribution in [3.8, 4) is 28.7 Å². The minimum Gasteiger partial charge on any atom is -0.507 e. The van der Waals surface area contributed by atoms with E-state index in [2.05, 4.69) is 15.1 Å². The maximum absolute atomic E-state index is 9.79. The molecule has 18 heavy (non-hydrogen) atoms.